The average molecular weight is 164 g/mol. The summed E-state index contributed by atoms with van der Waals surface area (Å²) >= 11 is 0. The topological polar surface area (TPSA) is 130 Å². The van der Waals surface area contributed by atoms with Crippen LogP contribution in [0.2, 0.25) is 0 Å². The molecule has 0 heterocycles. The summed E-state index contributed by atoms with van der Waals surface area (Å²) in [5, 5.41) is 25.3. The van der Waals surface area contributed by atoms with Gasteiger partial charge in [-0.3, -0.25) is 10.5 Å². The smallest absolute Gasteiger partial charge is 0.320 e. The lowest BCUT2D eigenvalue weighted by Crippen LogP contribution is -2.41. The fourth-order valence-electron chi connectivity index (χ4n) is 0.491. The van der Waals surface area contributed by atoms with Gasteiger partial charge in [-0.25, -0.2) is 0 Å². The summed E-state index contributed by atoms with van der Waals surface area (Å²) in [6.07, 6.45) is -0.334. The van der Waals surface area contributed by atoms with Crippen molar-refractivity contribution >= 4 is 5.97 Å². The van der Waals surface area contributed by atoms with Gasteiger partial charge in [0.05, 0.1) is 0 Å². The molecular weight excluding hydrogens is 152 g/mol. The number of rotatable bonds is 4. The first-order chi connectivity index (χ1) is 4.83. The zero-order valence-corrected chi connectivity index (χ0v) is 5.90. The molecule has 66 valence electrons. The van der Waals surface area contributed by atoms with Gasteiger partial charge >= 0.3 is 5.97 Å². The lowest BCUT2D eigenvalue weighted by molar-refractivity contribution is -0.162. The van der Waals surface area contributed by atoms with Crippen LogP contribution in [0.1, 0.15) is 12.8 Å². The lowest BCUT2D eigenvalue weighted by atomic mass is 10.1. The van der Waals surface area contributed by atoms with Gasteiger partial charge in [0.1, 0.15) is 6.04 Å². The maximum atomic E-state index is 10.1. The van der Waals surface area contributed by atoms with Crippen LogP contribution in [0.5, 0.6) is 0 Å². The van der Waals surface area contributed by atoms with Gasteiger partial charge in [0, 0.05) is 6.42 Å². The van der Waals surface area contributed by atoms with Crippen molar-refractivity contribution in [3.63, 3.8) is 0 Å². The van der Waals surface area contributed by atoms with Crippen molar-refractivity contribution in [2.24, 2.45) is 11.5 Å². The molecule has 0 saturated carbocycles. The van der Waals surface area contributed by atoms with Crippen LogP contribution in [-0.2, 0) is 4.79 Å². The van der Waals surface area contributed by atoms with E-state index in [0.29, 0.717) is 0 Å². The molecule has 0 spiro atoms. The molecule has 6 nitrogen and oxygen atoms in total. The number of nitrogens with two attached hydrogens (primary N) is 2. The Morgan fingerprint density at radius 1 is 1.55 bits per heavy atom. The van der Waals surface area contributed by atoms with Crippen LogP contribution < -0.4 is 11.5 Å². The number of hydrogen-bond acceptors (Lipinski definition) is 5. The second-order valence-corrected chi connectivity index (χ2v) is 2.36. The van der Waals surface area contributed by atoms with Crippen LogP contribution in [-0.4, -0.2) is 33.2 Å². The minimum absolute atomic E-state index is 0.0706. The predicted octanol–water partition coefficient (Wildman–Crippen LogP) is -2.22. The summed E-state index contributed by atoms with van der Waals surface area (Å²) in [7, 11) is 0. The molecule has 7 N–H and O–H groups in total. The zero-order chi connectivity index (χ0) is 9.07. The Balaban J connectivity index is 3.63. The normalized spacial score (nSPS) is 14.5. The molecule has 0 aliphatic rings. The molecule has 0 amide bonds. The van der Waals surface area contributed by atoms with E-state index in [4.69, 9.17) is 26.8 Å². The minimum Gasteiger partial charge on any atom is -0.480 e. The molecule has 0 aromatic rings. The van der Waals surface area contributed by atoms with E-state index in [1.165, 1.54) is 0 Å². The Labute approximate surface area is 63.4 Å². The Kier molecular flexibility index (Phi) is 3.40. The number of carbonyl (C=O) groups is 1. The predicted molar refractivity (Wildman–Crippen MR) is 36.2 cm³/mol. The Hall–Kier alpha value is -0.690. The van der Waals surface area contributed by atoms with E-state index in [1.54, 1.807) is 0 Å². The van der Waals surface area contributed by atoms with Crippen molar-refractivity contribution < 1.29 is 20.1 Å². The van der Waals surface area contributed by atoms with Crippen LogP contribution in [0, 0.1) is 0 Å². The highest BCUT2D eigenvalue weighted by Gasteiger charge is 2.20. The van der Waals surface area contributed by atoms with Crippen LogP contribution in [0.15, 0.2) is 0 Å². The van der Waals surface area contributed by atoms with E-state index < -0.39 is 17.9 Å². The van der Waals surface area contributed by atoms with Crippen molar-refractivity contribution in [3.8, 4) is 0 Å². The van der Waals surface area contributed by atoms with Gasteiger partial charge in [-0.1, -0.05) is 0 Å². The van der Waals surface area contributed by atoms with Crippen LogP contribution in [0.25, 0.3) is 0 Å². The van der Waals surface area contributed by atoms with E-state index in [9.17, 15) is 4.79 Å². The number of carboxylic acid groups (broad SMARTS) is 1. The largest absolute Gasteiger partial charge is 0.480 e. The highest BCUT2D eigenvalue weighted by Crippen LogP contribution is 2.03. The van der Waals surface area contributed by atoms with Gasteiger partial charge < -0.3 is 21.1 Å². The van der Waals surface area contributed by atoms with Crippen LogP contribution in [0.3, 0.4) is 0 Å². The Morgan fingerprint density at radius 2 is 2.00 bits per heavy atom. The molecule has 0 rings (SSSR count). The molecule has 0 aromatic carbocycles. The van der Waals surface area contributed by atoms with Crippen molar-refractivity contribution in [3.05, 3.63) is 0 Å². The molecule has 0 aliphatic heterocycles. The summed E-state index contributed by atoms with van der Waals surface area (Å²) in [4.78, 5) is 10.1. The Morgan fingerprint density at radius 3 is 2.27 bits per heavy atom. The van der Waals surface area contributed by atoms with Crippen molar-refractivity contribution in [2.45, 2.75) is 24.8 Å². The maximum absolute atomic E-state index is 10.1. The number of aliphatic hydroxyl groups is 2. The molecule has 0 aliphatic carbocycles. The molecule has 11 heavy (non-hydrogen) atoms. The highest BCUT2D eigenvalue weighted by molar-refractivity contribution is 5.72. The highest BCUT2D eigenvalue weighted by atomic mass is 16.5. The number of aliphatic carboxylic acids is 1. The second-order valence-electron chi connectivity index (χ2n) is 2.36. The fourth-order valence-corrected chi connectivity index (χ4v) is 0.491. The summed E-state index contributed by atoms with van der Waals surface area (Å²) < 4.78 is 0. The standard InChI is InChI=1S/C5H12N2O4/c6-3(4(8)9)1-2-5(7,10)11/h3,10-11H,1-2,6-7H2,(H,8,9)/t3-/m0/s1. The molecule has 0 bridgehead atoms. The van der Waals surface area contributed by atoms with Crippen molar-refractivity contribution in [1.29, 1.82) is 0 Å². The maximum Gasteiger partial charge on any atom is 0.320 e. The fraction of sp³-hybridized carbons (Fsp3) is 0.800. The van der Waals surface area contributed by atoms with Gasteiger partial charge in [-0.05, 0) is 6.42 Å². The Bertz CT molecular complexity index is 142. The third-order valence-electron chi connectivity index (χ3n) is 1.14. The van der Waals surface area contributed by atoms with Crippen molar-refractivity contribution in [1.82, 2.24) is 0 Å². The summed E-state index contributed by atoms with van der Waals surface area (Å²) in [5.41, 5.74) is 9.79. The van der Waals surface area contributed by atoms with E-state index in [2.05, 4.69) is 0 Å². The molecule has 0 saturated heterocycles. The number of carboxylic acids is 1. The quantitative estimate of drug-likeness (QED) is 0.299. The van der Waals surface area contributed by atoms with E-state index in [-0.39, 0.29) is 12.8 Å². The van der Waals surface area contributed by atoms with Gasteiger partial charge in [-0.15, -0.1) is 0 Å². The molecule has 0 radical (unpaired) electrons. The molecular formula is C5H12N2O4. The van der Waals surface area contributed by atoms with E-state index >= 15 is 0 Å². The third kappa shape index (κ3) is 5.74. The molecule has 0 fully saturated rings. The summed E-state index contributed by atoms with van der Waals surface area (Å²) in [5.74, 6) is -3.51. The van der Waals surface area contributed by atoms with Crippen molar-refractivity contribution in [2.75, 3.05) is 0 Å². The van der Waals surface area contributed by atoms with Gasteiger partial charge in [0.2, 0.25) is 5.91 Å². The zero-order valence-electron chi connectivity index (χ0n) is 5.90. The number of hydrogen-bond donors (Lipinski definition) is 5. The lowest BCUT2D eigenvalue weighted by Gasteiger charge is -2.16. The first-order valence-corrected chi connectivity index (χ1v) is 3.05. The summed E-state index contributed by atoms with van der Waals surface area (Å²) in [6.45, 7) is 0. The molecule has 1 atom stereocenters. The molecule has 6 heteroatoms. The first kappa shape index (κ1) is 10.3. The van der Waals surface area contributed by atoms with E-state index in [1.807, 2.05) is 0 Å². The molecule has 0 aromatic heterocycles. The monoisotopic (exact) mass is 164 g/mol. The van der Waals surface area contributed by atoms with Gasteiger partial charge in [0.15, 0.2) is 0 Å². The summed E-state index contributed by atoms with van der Waals surface area (Å²) in [6, 6.07) is -1.10. The van der Waals surface area contributed by atoms with Gasteiger partial charge in [-0.2, -0.15) is 0 Å². The van der Waals surface area contributed by atoms with E-state index in [0.717, 1.165) is 0 Å². The van der Waals surface area contributed by atoms with Crippen LogP contribution in [0.4, 0.5) is 0 Å². The average Bonchev–Trinajstić information content (AvgIpc) is 1.80. The van der Waals surface area contributed by atoms with Crippen LogP contribution >= 0.6 is 0 Å². The molecule has 0 unspecified atom stereocenters. The third-order valence-corrected chi connectivity index (χ3v) is 1.14. The first-order valence-electron chi connectivity index (χ1n) is 3.05. The van der Waals surface area contributed by atoms with Gasteiger partial charge in [0.25, 0.3) is 0 Å². The second kappa shape index (κ2) is 3.63. The SMILES string of the molecule is N[C@@H](CCC(N)(O)O)C(=O)O. The minimum atomic E-state index is -2.33.